The van der Waals surface area contributed by atoms with Gasteiger partial charge in [-0.1, -0.05) is 6.07 Å². The number of rotatable bonds is 3. The standard InChI is InChI=1S/C12H19N3O/c1-12(16,11-4-2-3-5-14-11)10-15-8-6-13-7-9-15/h2-5,13,16H,6-10H2,1H3. The van der Waals surface area contributed by atoms with Gasteiger partial charge in [0.15, 0.2) is 0 Å². The number of β-amino-alcohol motifs (C(OH)–C–C–N with tert-alkyl or cyclic N) is 1. The van der Waals surface area contributed by atoms with E-state index in [1.807, 2.05) is 25.1 Å². The van der Waals surface area contributed by atoms with Crippen molar-refractivity contribution in [2.75, 3.05) is 32.7 Å². The van der Waals surface area contributed by atoms with Crippen molar-refractivity contribution in [1.82, 2.24) is 15.2 Å². The summed E-state index contributed by atoms with van der Waals surface area (Å²) in [6.07, 6.45) is 1.72. The average Bonchev–Trinajstić information content (AvgIpc) is 2.31. The molecule has 4 heteroatoms. The van der Waals surface area contributed by atoms with E-state index in [-0.39, 0.29) is 0 Å². The zero-order chi connectivity index (χ0) is 11.4. The average molecular weight is 221 g/mol. The van der Waals surface area contributed by atoms with Gasteiger partial charge in [0, 0.05) is 38.9 Å². The molecule has 0 amide bonds. The molecule has 1 aliphatic rings. The molecule has 0 aliphatic carbocycles. The summed E-state index contributed by atoms with van der Waals surface area (Å²) < 4.78 is 0. The van der Waals surface area contributed by atoms with Crippen LogP contribution in [0.25, 0.3) is 0 Å². The zero-order valence-electron chi connectivity index (χ0n) is 9.69. The van der Waals surface area contributed by atoms with Crippen molar-refractivity contribution >= 4 is 0 Å². The number of nitrogens with zero attached hydrogens (tertiary/aromatic N) is 2. The Hall–Kier alpha value is -0.970. The van der Waals surface area contributed by atoms with Gasteiger partial charge in [-0.15, -0.1) is 0 Å². The molecule has 1 aromatic rings. The van der Waals surface area contributed by atoms with Crippen LogP contribution in [0.4, 0.5) is 0 Å². The van der Waals surface area contributed by atoms with Crippen molar-refractivity contribution in [2.45, 2.75) is 12.5 Å². The van der Waals surface area contributed by atoms with E-state index in [1.54, 1.807) is 6.20 Å². The van der Waals surface area contributed by atoms with Crippen molar-refractivity contribution in [2.24, 2.45) is 0 Å². The van der Waals surface area contributed by atoms with E-state index in [9.17, 15) is 5.11 Å². The van der Waals surface area contributed by atoms with E-state index in [4.69, 9.17) is 0 Å². The summed E-state index contributed by atoms with van der Waals surface area (Å²) in [5, 5.41) is 13.7. The third-order valence-electron chi connectivity index (χ3n) is 2.96. The lowest BCUT2D eigenvalue weighted by molar-refractivity contribution is 0.00900. The molecule has 2 N–H and O–H groups in total. The zero-order valence-corrected chi connectivity index (χ0v) is 9.69. The lowest BCUT2D eigenvalue weighted by atomic mass is 10.0. The minimum Gasteiger partial charge on any atom is -0.382 e. The van der Waals surface area contributed by atoms with Crippen LogP contribution in [-0.4, -0.2) is 47.7 Å². The molecule has 0 bridgehead atoms. The summed E-state index contributed by atoms with van der Waals surface area (Å²) in [5.41, 5.74) is -0.118. The van der Waals surface area contributed by atoms with Gasteiger partial charge < -0.3 is 10.4 Å². The first-order valence-electron chi connectivity index (χ1n) is 5.75. The number of aromatic nitrogens is 1. The van der Waals surface area contributed by atoms with Crippen LogP contribution in [0.3, 0.4) is 0 Å². The van der Waals surface area contributed by atoms with Crippen LogP contribution >= 0.6 is 0 Å². The molecule has 0 saturated carbocycles. The molecule has 2 heterocycles. The second kappa shape index (κ2) is 4.91. The van der Waals surface area contributed by atoms with Crippen LogP contribution in [0.2, 0.25) is 0 Å². The predicted octanol–water partition coefficient (Wildman–Crippen LogP) is 0.194. The predicted molar refractivity (Wildman–Crippen MR) is 63.1 cm³/mol. The molecule has 16 heavy (non-hydrogen) atoms. The molecule has 88 valence electrons. The Balaban J connectivity index is 2.01. The SMILES string of the molecule is CC(O)(CN1CCNCC1)c1ccccn1. The van der Waals surface area contributed by atoms with Crippen molar-refractivity contribution in [1.29, 1.82) is 0 Å². The van der Waals surface area contributed by atoms with Crippen LogP contribution in [0.1, 0.15) is 12.6 Å². The lowest BCUT2D eigenvalue weighted by Gasteiger charge is -2.33. The Morgan fingerprint density at radius 1 is 1.44 bits per heavy atom. The van der Waals surface area contributed by atoms with E-state index in [0.29, 0.717) is 6.54 Å². The van der Waals surface area contributed by atoms with Gasteiger partial charge in [0.25, 0.3) is 0 Å². The highest BCUT2D eigenvalue weighted by Crippen LogP contribution is 2.19. The molecule has 1 fully saturated rings. The fraction of sp³-hybridized carbons (Fsp3) is 0.583. The number of hydrogen-bond donors (Lipinski definition) is 2. The van der Waals surface area contributed by atoms with Gasteiger partial charge in [-0.2, -0.15) is 0 Å². The molecule has 1 atom stereocenters. The minimum absolute atomic E-state index is 0.645. The van der Waals surface area contributed by atoms with Crippen molar-refractivity contribution < 1.29 is 5.11 Å². The molecule has 0 aromatic carbocycles. The second-order valence-electron chi connectivity index (χ2n) is 4.51. The number of nitrogens with one attached hydrogen (secondary N) is 1. The number of hydrogen-bond acceptors (Lipinski definition) is 4. The van der Waals surface area contributed by atoms with Gasteiger partial charge in [-0.05, 0) is 19.1 Å². The Kier molecular flexibility index (Phi) is 3.53. The monoisotopic (exact) mass is 221 g/mol. The number of piperazine rings is 1. The van der Waals surface area contributed by atoms with E-state index in [0.717, 1.165) is 31.9 Å². The second-order valence-corrected chi connectivity index (χ2v) is 4.51. The Bertz CT molecular complexity index is 320. The fourth-order valence-corrected chi connectivity index (χ4v) is 2.07. The van der Waals surface area contributed by atoms with Gasteiger partial charge in [-0.25, -0.2) is 0 Å². The van der Waals surface area contributed by atoms with Crippen molar-refractivity contribution in [3.8, 4) is 0 Å². The summed E-state index contributed by atoms with van der Waals surface area (Å²) in [7, 11) is 0. The summed E-state index contributed by atoms with van der Waals surface area (Å²) in [6.45, 7) is 6.45. The van der Waals surface area contributed by atoms with Crippen molar-refractivity contribution in [3.63, 3.8) is 0 Å². The molecule has 1 unspecified atom stereocenters. The lowest BCUT2D eigenvalue weighted by Crippen LogP contribution is -2.48. The van der Waals surface area contributed by atoms with Gasteiger partial charge in [0.2, 0.25) is 0 Å². The summed E-state index contributed by atoms with van der Waals surface area (Å²) in [4.78, 5) is 6.49. The highest BCUT2D eigenvalue weighted by Gasteiger charge is 2.27. The van der Waals surface area contributed by atoms with E-state index < -0.39 is 5.60 Å². The maximum Gasteiger partial charge on any atom is 0.116 e. The first-order chi connectivity index (χ1) is 7.68. The summed E-state index contributed by atoms with van der Waals surface area (Å²) in [6, 6.07) is 5.65. The van der Waals surface area contributed by atoms with Crippen LogP contribution in [0.5, 0.6) is 0 Å². The molecule has 2 rings (SSSR count). The van der Waals surface area contributed by atoms with E-state index in [2.05, 4.69) is 15.2 Å². The maximum atomic E-state index is 10.4. The van der Waals surface area contributed by atoms with Gasteiger partial charge in [0.1, 0.15) is 5.60 Å². The molecule has 1 aliphatic heterocycles. The first kappa shape index (κ1) is 11.5. The smallest absolute Gasteiger partial charge is 0.116 e. The number of pyridine rings is 1. The van der Waals surface area contributed by atoms with E-state index in [1.165, 1.54) is 0 Å². The Morgan fingerprint density at radius 2 is 2.19 bits per heavy atom. The highest BCUT2D eigenvalue weighted by atomic mass is 16.3. The molecular weight excluding hydrogens is 202 g/mol. The topological polar surface area (TPSA) is 48.4 Å². The molecule has 1 aromatic heterocycles. The maximum absolute atomic E-state index is 10.4. The highest BCUT2D eigenvalue weighted by molar-refractivity contribution is 5.12. The van der Waals surface area contributed by atoms with Crippen LogP contribution in [0, 0.1) is 0 Å². The summed E-state index contributed by atoms with van der Waals surface area (Å²) in [5.74, 6) is 0. The fourth-order valence-electron chi connectivity index (χ4n) is 2.07. The Labute approximate surface area is 96.3 Å². The minimum atomic E-state index is -0.863. The van der Waals surface area contributed by atoms with Crippen LogP contribution < -0.4 is 5.32 Å². The largest absolute Gasteiger partial charge is 0.382 e. The molecule has 0 spiro atoms. The third kappa shape index (κ3) is 2.78. The van der Waals surface area contributed by atoms with Gasteiger partial charge in [-0.3, -0.25) is 9.88 Å². The van der Waals surface area contributed by atoms with Crippen molar-refractivity contribution in [3.05, 3.63) is 30.1 Å². The Morgan fingerprint density at radius 3 is 2.81 bits per heavy atom. The molecule has 0 radical (unpaired) electrons. The molecule has 1 saturated heterocycles. The van der Waals surface area contributed by atoms with E-state index >= 15 is 0 Å². The molecule has 4 nitrogen and oxygen atoms in total. The quantitative estimate of drug-likeness (QED) is 0.765. The third-order valence-corrected chi connectivity index (χ3v) is 2.96. The first-order valence-corrected chi connectivity index (χ1v) is 5.75. The molecular formula is C12H19N3O. The summed E-state index contributed by atoms with van der Waals surface area (Å²) >= 11 is 0. The van der Waals surface area contributed by atoms with Gasteiger partial charge in [0.05, 0.1) is 5.69 Å². The van der Waals surface area contributed by atoms with Gasteiger partial charge >= 0.3 is 0 Å². The number of aliphatic hydroxyl groups is 1. The van der Waals surface area contributed by atoms with Crippen LogP contribution in [0.15, 0.2) is 24.4 Å². The van der Waals surface area contributed by atoms with Crippen LogP contribution in [-0.2, 0) is 5.60 Å². The normalized spacial score (nSPS) is 21.6.